The van der Waals surface area contributed by atoms with E-state index in [4.69, 9.17) is 22.1 Å². The summed E-state index contributed by atoms with van der Waals surface area (Å²) in [5.74, 6) is 0. The minimum absolute atomic E-state index is 0.307. The lowest BCUT2D eigenvalue weighted by molar-refractivity contribution is 0.203. The zero-order chi connectivity index (χ0) is 8.69. The van der Waals surface area contributed by atoms with Gasteiger partial charge in [0.1, 0.15) is 6.10 Å². The summed E-state index contributed by atoms with van der Waals surface area (Å²) in [5.41, 5.74) is 0. The van der Waals surface area contributed by atoms with Gasteiger partial charge in [-0.1, -0.05) is 19.8 Å². The van der Waals surface area contributed by atoms with E-state index in [2.05, 4.69) is 6.92 Å². The first-order chi connectivity index (χ1) is 5.18. The van der Waals surface area contributed by atoms with Gasteiger partial charge in [0.05, 0.1) is 6.61 Å². The molecule has 0 bridgehead atoms. The second-order valence-electron chi connectivity index (χ2n) is 2.55. The van der Waals surface area contributed by atoms with Crippen LogP contribution in [0.25, 0.3) is 0 Å². The normalized spacial score (nSPS) is 12.6. The van der Waals surface area contributed by atoms with E-state index < -0.39 is 6.10 Å². The Labute approximate surface area is 73.6 Å². The average molecular weight is 176 g/mol. The Balaban J connectivity index is 3.18. The molecule has 0 aromatic heterocycles. The van der Waals surface area contributed by atoms with Gasteiger partial charge in [-0.05, 0) is 25.6 Å². The quantitative estimate of drug-likeness (QED) is 0.512. The fourth-order valence-electron chi connectivity index (χ4n) is 0.645. The molecule has 1 atom stereocenters. The Morgan fingerprint density at radius 2 is 2.18 bits per heavy atom. The van der Waals surface area contributed by atoms with Gasteiger partial charge in [-0.25, -0.2) is 0 Å². The summed E-state index contributed by atoms with van der Waals surface area (Å²) in [4.78, 5) is 0. The molecular weight excluding hydrogens is 160 g/mol. The van der Waals surface area contributed by atoms with Gasteiger partial charge in [0.2, 0.25) is 0 Å². The van der Waals surface area contributed by atoms with Gasteiger partial charge < -0.3 is 9.84 Å². The van der Waals surface area contributed by atoms with E-state index in [0.717, 1.165) is 12.8 Å². The first kappa shape index (κ1) is 10.8. The Morgan fingerprint density at radius 3 is 2.64 bits per heavy atom. The maximum atomic E-state index is 8.91. The summed E-state index contributed by atoms with van der Waals surface area (Å²) >= 11 is 4.76. The monoisotopic (exact) mass is 176 g/mol. The molecule has 0 amide bonds. The summed E-state index contributed by atoms with van der Waals surface area (Å²) < 4.78 is 5.09. The van der Waals surface area contributed by atoms with Crippen molar-refractivity contribution in [2.45, 2.75) is 39.2 Å². The number of ether oxygens (including phenoxy) is 1. The Hall–Kier alpha value is -0.150. The van der Waals surface area contributed by atoms with E-state index >= 15 is 0 Å². The van der Waals surface area contributed by atoms with Crippen molar-refractivity contribution in [3.8, 4) is 0 Å². The van der Waals surface area contributed by atoms with Crippen molar-refractivity contribution < 1.29 is 9.84 Å². The zero-order valence-corrected chi connectivity index (χ0v) is 7.99. The van der Waals surface area contributed by atoms with Crippen LogP contribution in [0.4, 0.5) is 0 Å². The molecule has 1 N–H and O–H groups in total. The Bertz CT molecular complexity index is 113. The van der Waals surface area contributed by atoms with Crippen LogP contribution in [0.5, 0.6) is 0 Å². The molecule has 66 valence electrons. The van der Waals surface area contributed by atoms with E-state index in [-0.39, 0.29) is 0 Å². The van der Waals surface area contributed by atoms with Crippen molar-refractivity contribution >= 4 is 17.3 Å². The van der Waals surface area contributed by atoms with Crippen molar-refractivity contribution in [3.05, 3.63) is 0 Å². The zero-order valence-electron chi connectivity index (χ0n) is 7.17. The molecule has 0 aliphatic carbocycles. The lowest BCUT2D eigenvalue weighted by atomic mass is 10.3. The van der Waals surface area contributed by atoms with E-state index in [9.17, 15) is 0 Å². The van der Waals surface area contributed by atoms with Crippen LogP contribution in [0.1, 0.15) is 33.1 Å². The van der Waals surface area contributed by atoms with Crippen LogP contribution in [0.15, 0.2) is 0 Å². The molecule has 0 saturated heterocycles. The predicted molar refractivity (Wildman–Crippen MR) is 49.8 cm³/mol. The van der Waals surface area contributed by atoms with Gasteiger partial charge in [-0.15, -0.1) is 0 Å². The summed E-state index contributed by atoms with van der Waals surface area (Å²) in [6.45, 7) is 4.38. The molecule has 0 aliphatic rings. The van der Waals surface area contributed by atoms with Gasteiger partial charge in [0.25, 0.3) is 0 Å². The number of rotatable bonds is 5. The van der Waals surface area contributed by atoms with Gasteiger partial charge in [0.15, 0.2) is 5.05 Å². The minimum atomic E-state index is -0.619. The van der Waals surface area contributed by atoms with E-state index in [0.29, 0.717) is 11.7 Å². The number of unbranched alkanes of at least 4 members (excludes halogenated alkanes) is 2. The Kier molecular flexibility index (Phi) is 6.46. The van der Waals surface area contributed by atoms with Crippen molar-refractivity contribution in [3.63, 3.8) is 0 Å². The largest absolute Gasteiger partial charge is 0.484 e. The fourth-order valence-corrected chi connectivity index (χ4v) is 0.729. The lowest BCUT2D eigenvalue weighted by Gasteiger charge is -2.08. The second-order valence-corrected chi connectivity index (χ2v) is 2.95. The number of hydrogen-bond donors (Lipinski definition) is 1. The first-order valence-electron chi connectivity index (χ1n) is 4.03. The molecular formula is C8H16O2S. The van der Waals surface area contributed by atoms with Crippen molar-refractivity contribution in [1.29, 1.82) is 0 Å². The van der Waals surface area contributed by atoms with Crippen LogP contribution < -0.4 is 0 Å². The van der Waals surface area contributed by atoms with E-state index in [1.165, 1.54) is 6.42 Å². The topological polar surface area (TPSA) is 29.5 Å². The van der Waals surface area contributed by atoms with Gasteiger partial charge in [-0.2, -0.15) is 0 Å². The minimum Gasteiger partial charge on any atom is -0.484 e. The maximum Gasteiger partial charge on any atom is 0.188 e. The van der Waals surface area contributed by atoms with Crippen molar-refractivity contribution in [2.24, 2.45) is 0 Å². The average Bonchev–Trinajstić information content (AvgIpc) is 1.97. The number of thiocarbonyl (C=S) groups is 1. The Morgan fingerprint density at radius 1 is 1.55 bits per heavy atom. The summed E-state index contributed by atoms with van der Waals surface area (Å²) in [6.07, 6.45) is 2.72. The third kappa shape index (κ3) is 6.26. The van der Waals surface area contributed by atoms with Gasteiger partial charge >= 0.3 is 0 Å². The standard InChI is InChI=1S/C8H16O2S/c1-3-4-5-6-10-8(11)7(2)9/h7,9H,3-6H2,1-2H3. The van der Waals surface area contributed by atoms with E-state index in [1.54, 1.807) is 6.92 Å². The fraction of sp³-hybridized carbons (Fsp3) is 0.875. The predicted octanol–water partition coefficient (Wildman–Crippen LogP) is 1.90. The highest BCUT2D eigenvalue weighted by Gasteiger charge is 2.03. The molecule has 0 saturated carbocycles. The van der Waals surface area contributed by atoms with Crippen LogP contribution >= 0.6 is 12.2 Å². The SMILES string of the molecule is CCCCCOC(=S)C(C)O. The molecule has 3 heteroatoms. The third-order valence-corrected chi connectivity index (χ3v) is 1.79. The summed E-state index contributed by atoms with van der Waals surface area (Å²) in [5, 5.41) is 9.22. The van der Waals surface area contributed by atoms with Crippen LogP contribution in [-0.2, 0) is 4.74 Å². The maximum absolute atomic E-state index is 8.91. The summed E-state index contributed by atoms with van der Waals surface area (Å²) in [6, 6.07) is 0. The van der Waals surface area contributed by atoms with E-state index in [1.807, 2.05) is 0 Å². The molecule has 11 heavy (non-hydrogen) atoms. The number of aliphatic hydroxyl groups is 1. The molecule has 0 aromatic rings. The number of aliphatic hydroxyl groups excluding tert-OH is 1. The van der Waals surface area contributed by atoms with Crippen LogP contribution in [0.3, 0.4) is 0 Å². The molecule has 0 radical (unpaired) electrons. The highest BCUT2D eigenvalue weighted by Crippen LogP contribution is 1.97. The molecule has 0 rings (SSSR count). The molecule has 2 nitrogen and oxygen atoms in total. The van der Waals surface area contributed by atoms with Crippen molar-refractivity contribution in [2.75, 3.05) is 6.61 Å². The molecule has 0 spiro atoms. The third-order valence-electron chi connectivity index (χ3n) is 1.33. The second kappa shape index (κ2) is 6.55. The highest BCUT2D eigenvalue weighted by molar-refractivity contribution is 7.80. The molecule has 0 aliphatic heterocycles. The lowest BCUT2D eigenvalue weighted by Crippen LogP contribution is -2.17. The van der Waals surface area contributed by atoms with Gasteiger partial charge in [0, 0.05) is 0 Å². The smallest absolute Gasteiger partial charge is 0.188 e. The van der Waals surface area contributed by atoms with Gasteiger partial charge in [-0.3, -0.25) is 0 Å². The molecule has 0 fully saturated rings. The highest BCUT2D eigenvalue weighted by atomic mass is 32.1. The van der Waals surface area contributed by atoms with Crippen LogP contribution in [0, 0.1) is 0 Å². The van der Waals surface area contributed by atoms with Crippen LogP contribution in [0.2, 0.25) is 0 Å². The van der Waals surface area contributed by atoms with Crippen molar-refractivity contribution in [1.82, 2.24) is 0 Å². The van der Waals surface area contributed by atoms with Crippen LogP contribution in [-0.4, -0.2) is 22.9 Å². The number of hydrogen-bond acceptors (Lipinski definition) is 3. The first-order valence-corrected chi connectivity index (χ1v) is 4.44. The molecule has 0 heterocycles. The molecule has 1 unspecified atom stereocenters. The molecule has 0 aromatic carbocycles. The summed E-state index contributed by atoms with van der Waals surface area (Å²) in [7, 11) is 0.